The Hall–Kier alpha value is -2.89. The first kappa shape index (κ1) is 53.1. The standard InChI is InChI=1S/C44H73O11P/c1-3-4-5-6-7-8-9-10-12-16-19-22-25-28-31-34-43(48)52-38-42(39-54-56(50,51)53-37-41(47)36-45)55-44(49)35-32-29-26-23-20-17-14-11-13-15-18-21-24-27-30-33-40(2)46/h7-8,10,12-15,17,19,21-24,26,40-42,45-47H,3-6,9,11,16,18,20,25,27-39H2,1-2H3,(H,50,51)/b8-7-,12-10-,15-13-,17-14-,22-19-,24-21-,26-23-/t40-,41-,42+/m0/s1. The molecule has 4 N–H and O–H groups in total. The molecule has 0 rings (SSSR count). The second-order valence-corrected chi connectivity index (χ2v) is 15.0. The molecule has 11 nitrogen and oxygen atoms in total. The highest BCUT2D eigenvalue weighted by atomic mass is 31.2. The van der Waals surface area contributed by atoms with Crippen LogP contribution in [0.15, 0.2) is 85.1 Å². The summed E-state index contributed by atoms with van der Waals surface area (Å²) in [5, 5.41) is 27.6. The molecule has 0 amide bonds. The molecule has 4 atom stereocenters. The molecule has 0 aromatic carbocycles. The molecule has 12 heteroatoms. The van der Waals surface area contributed by atoms with Crippen molar-refractivity contribution in [3.05, 3.63) is 85.1 Å². The van der Waals surface area contributed by atoms with E-state index in [0.717, 1.165) is 70.6 Å². The summed E-state index contributed by atoms with van der Waals surface area (Å²) in [4.78, 5) is 34.9. The average Bonchev–Trinajstić information content (AvgIpc) is 3.17. The molecule has 0 bridgehead atoms. The number of allylic oxidation sites excluding steroid dienone is 14. The monoisotopic (exact) mass is 808 g/mol. The van der Waals surface area contributed by atoms with Crippen LogP contribution in [-0.4, -0.2) is 76.9 Å². The summed E-state index contributed by atoms with van der Waals surface area (Å²) in [5.74, 6) is -1.06. The highest BCUT2D eigenvalue weighted by Gasteiger charge is 2.27. The van der Waals surface area contributed by atoms with Crippen LogP contribution in [0.1, 0.15) is 136 Å². The van der Waals surface area contributed by atoms with Crippen LogP contribution in [0.25, 0.3) is 0 Å². The molecule has 0 saturated heterocycles. The van der Waals surface area contributed by atoms with E-state index < -0.39 is 51.8 Å². The van der Waals surface area contributed by atoms with Crippen molar-refractivity contribution < 1.29 is 52.9 Å². The van der Waals surface area contributed by atoms with Crippen molar-refractivity contribution in [3.63, 3.8) is 0 Å². The molecule has 0 heterocycles. The lowest BCUT2D eigenvalue weighted by molar-refractivity contribution is -0.161. The molecule has 0 aliphatic rings. The van der Waals surface area contributed by atoms with Gasteiger partial charge in [-0.15, -0.1) is 0 Å². The summed E-state index contributed by atoms with van der Waals surface area (Å²) in [5.41, 5.74) is 0. The predicted molar refractivity (Wildman–Crippen MR) is 225 cm³/mol. The van der Waals surface area contributed by atoms with Gasteiger partial charge in [0.15, 0.2) is 6.10 Å². The maximum absolute atomic E-state index is 12.6. The molecule has 0 aliphatic carbocycles. The zero-order valence-corrected chi connectivity index (χ0v) is 35.1. The molecule has 320 valence electrons. The SMILES string of the molecule is CCCCC/C=C\C/C=C\C/C=C\CCCCC(=O)OC[C@H](COP(=O)(O)OC[C@@H](O)CO)OC(=O)CCC/C=C\C/C=C\C/C=C\C/C=C\CCC[C@H](C)O. The van der Waals surface area contributed by atoms with Crippen molar-refractivity contribution in [2.45, 2.75) is 154 Å². The maximum Gasteiger partial charge on any atom is 0.472 e. The fraction of sp³-hybridized carbons (Fsp3) is 0.636. The number of carbonyl (C=O) groups excluding carboxylic acids is 2. The second-order valence-electron chi connectivity index (χ2n) is 13.6. The van der Waals surface area contributed by atoms with E-state index in [1.165, 1.54) is 19.3 Å². The van der Waals surface area contributed by atoms with Gasteiger partial charge < -0.3 is 29.7 Å². The van der Waals surface area contributed by atoms with E-state index in [0.29, 0.717) is 19.3 Å². The van der Waals surface area contributed by atoms with Crippen LogP contribution in [0.5, 0.6) is 0 Å². The number of rotatable bonds is 37. The van der Waals surface area contributed by atoms with Gasteiger partial charge in [-0.25, -0.2) is 4.57 Å². The number of phosphoric ester groups is 1. The Bertz CT molecular complexity index is 1220. The Kier molecular flexibility index (Phi) is 36.9. The third-order valence-electron chi connectivity index (χ3n) is 8.04. The molecule has 0 aromatic rings. The van der Waals surface area contributed by atoms with Gasteiger partial charge in [-0.2, -0.15) is 0 Å². The summed E-state index contributed by atoms with van der Waals surface area (Å²) < 4.78 is 32.5. The van der Waals surface area contributed by atoms with Crippen molar-refractivity contribution in [2.75, 3.05) is 26.4 Å². The van der Waals surface area contributed by atoms with E-state index in [1.807, 2.05) is 19.1 Å². The lowest BCUT2D eigenvalue weighted by atomic mass is 10.1. The first-order valence-electron chi connectivity index (χ1n) is 20.6. The van der Waals surface area contributed by atoms with E-state index in [4.69, 9.17) is 19.1 Å². The summed E-state index contributed by atoms with van der Waals surface area (Å²) >= 11 is 0. The molecule has 56 heavy (non-hydrogen) atoms. The Morgan fingerprint density at radius 3 is 1.54 bits per heavy atom. The highest BCUT2D eigenvalue weighted by molar-refractivity contribution is 7.47. The molecule has 0 spiro atoms. The smallest absolute Gasteiger partial charge is 0.462 e. The van der Waals surface area contributed by atoms with Gasteiger partial charge in [0.1, 0.15) is 12.7 Å². The van der Waals surface area contributed by atoms with E-state index in [-0.39, 0.29) is 25.6 Å². The molecule has 1 unspecified atom stereocenters. The van der Waals surface area contributed by atoms with Crippen LogP contribution in [-0.2, 0) is 32.7 Å². The highest BCUT2D eigenvalue weighted by Crippen LogP contribution is 2.43. The van der Waals surface area contributed by atoms with Gasteiger partial charge in [0.05, 0.1) is 25.9 Å². The number of esters is 2. The molecule has 0 fully saturated rings. The topological polar surface area (TPSA) is 169 Å². The molecule has 0 aliphatic heterocycles. The normalized spacial score (nSPS) is 15.3. The molecule has 0 aromatic heterocycles. The number of hydrogen-bond donors (Lipinski definition) is 4. The van der Waals surface area contributed by atoms with E-state index in [9.17, 15) is 29.3 Å². The lowest BCUT2D eigenvalue weighted by Crippen LogP contribution is -2.29. The van der Waals surface area contributed by atoms with Crippen LogP contribution in [0.4, 0.5) is 0 Å². The number of ether oxygens (including phenoxy) is 2. The number of aliphatic hydroxyl groups excluding tert-OH is 3. The first-order chi connectivity index (χ1) is 27.1. The molecular formula is C44H73O11P. The number of aliphatic hydroxyl groups is 3. The minimum atomic E-state index is -4.65. The molecule has 0 radical (unpaired) electrons. The zero-order chi connectivity index (χ0) is 41.4. The minimum absolute atomic E-state index is 0.0832. The van der Waals surface area contributed by atoms with Gasteiger partial charge in [0.2, 0.25) is 0 Å². The van der Waals surface area contributed by atoms with Crippen molar-refractivity contribution >= 4 is 19.8 Å². The summed E-state index contributed by atoms with van der Waals surface area (Å²) in [6.45, 7) is 1.75. The van der Waals surface area contributed by atoms with Crippen molar-refractivity contribution in [3.8, 4) is 0 Å². The van der Waals surface area contributed by atoms with Crippen molar-refractivity contribution in [1.29, 1.82) is 0 Å². The number of hydrogen-bond acceptors (Lipinski definition) is 10. The van der Waals surface area contributed by atoms with Gasteiger partial charge in [0, 0.05) is 12.8 Å². The van der Waals surface area contributed by atoms with E-state index in [2.05, 4.69) is 84.4 Å². The van der Waals surface area contributed by atoms with E-state index in [1.54, 1.807) is 0 Å². The Balaban J connectivity index is 4.52. The largest absolute Gasteiger partial charge is 0.472 e. The van der Waals surface area contributed by atoms with Crippen LogP contribution < -0.4 is 0 Å². The van der Waals surface area contributed by atoms with Crippen molar-refractivity contribution in [2.24, 2.45) is 0 Å². The Morgan fingerprint density at radius 2 is 1.04 bits per heavy atom. The third-order valence-corrected chi connectivity index (χ3v) is 8.99. The fourth-order valence-electron chi connectivity index (χ4n) is 4.83. The van der Waals surface area contributed by atoms with Gasteiger partial charge in [0.25, 0.3) is 0 Å². The quantitative estimate of drug-likeness (QED) is 0.0204. The van der Waals surface area contributed by atoms with Crippen molar-refractivity contribution in [1.82, 2.24) is 0 Å². The first-order valence-corrected chi connectivity index (χ1v) is 22.1. The maximum atomic E-state index is 12.6. The second kappa shape index (κ2) is 39.0. The van der Waals surface area contributed by atoms with Crippen LogP contribution >= 0.6 is 7.82 Å². The van der Waals surface area contributed by atoms with Crippen LogP contribution in [0.2, 0.25) is 0 Å². The summed E-state index contributed by atoms with van der Waals surface area (Å²) in [6, 6.07) is 0. The van der Waals surface area contributed by atoms with E-state index >= 15 is 0 Å². The zero-order valence-electron chi connectivity index (χ0n) is 34.2. The lowest BCUT2D eigenvalue weighted by Gasteiger charge is -2.20. The number of phosphoric acid groups is 1. The minimum Gasteiger partial charge on any atom is -0.462 e. The fourth-order valence-corrected chi connectivity index (χ4v) is 5.62. The summed E-state index contributed by atoms with van der Waals surface area (Å²) in [6.07, 6.45) is 42.6. The van der Waals surface area contributed by atoms with Crippen LogP contribution in [0, 0.1) is 0 Å². The van der Waals surface area contributed by atoms with Gasteiger partial charge >= 0.3 is 19.8 Å². The number of unbranched alkanes of at least 4 members (excludes halogenated alkanes) is 7. The van der Waals surface area contributed by atoms with Gasteiger partial charge in [-0.05, 0) is 103 Å². The predicted octanol–water partition coefficient (Wildman–Crippen LogP) is 9.63. The van der Waals surface area contributed by atoms with Gasteiger partial charge in [-0.3, -0.25) is 18.6 Å². The molecular weight excluding hydrogens is 735 g/mol. The number of carbonyl (C=O) groups is 2. The molecule has 0 saturated carbocycles. The Morgan fingerprint density at radius 1 is 0.589 bits per heavy atom. The van der Waals surface area contributed by atoms with Crippen LogP contribution in [0.3, 0.4) is 0 Å². The average molecular weight is 809 g/mol. The third kappa shape index (κ3) is 39.3. The Labute approximate surface area is 337 Å². The van der Waals surface area contributed by atoms with Gasteiger partial charge in [-0.1, -0.05) is 105 Å². The summed E-state index contributed by atoms with van der Waals surface area (Å²) in [7, 11) is -4.65.